The molecule has 32 heavy (non-hydrogen) atoms. The Kier molecular flexibility index (Phi) is 4.47. The molecule has 0 aromatic heterocycles. The van der Waals surface area contributed by atoms with E-state index in [0.29, 0.717) is 11.1 Å². The van der Waals surface area contributed by atoms with Crippen molar-refractivity contribution in [1.82, 2.24) is 5.01 Å². The number of imide groups is 1. The Bertz CT molecular complexity index is 1220. The molecule has 2 fully saturated rings. The van der Waals surface area contributed by atoms with E-state index < -0.39 is 40.7 Å². The Hall–Kier alpha value is -4.14. The van der Waals surface area contributed by atoms with Gasteiger partial charge in [-0.1, -0.05) is 42.5 Å². The Morgan fingerprint density at radius 3 is 2.50 bits per heavy atom. The van der Waals surface area contributed by atoms with Gasteiger partial charge in [-0.2, -0.15) is 5.10 Å². The topological polar surface area (TPSA) is 113 Å². The summed E-state index contributed by atoms with van der Waals surface area (Å²) in [6.07, 6.45) is 4.98. The van der Waals surface area contributed by atoms with E-state index in [1.807, 2.05) is 0 Å². The molecule has 4 atom stereocenters. The van der Waals surface area contributed by atoms with E-state index >= 15 is 0 Å². The number of ketones is 1. The van der Waals surface area contributed by atoms with Gasteiger partial charge in [-0.05, 0) is 18.6 Å². The molecule has 9 heteroatoms. The highest BCUT2D eigenvalue weighted by Crippen LogP contribution is 2.47. The largest absolute Gasteiger partial charge is 0.292 e. The standard InChI is InChI=1S/C23H18N4O5/c1-13-9-10-15(27(31)32)12-17(13)25-22(29)18-16-8-5-11-24-26(16)20(19(18)23(25)30)21(28)14-6-3-2-4-7-14/h2-12,16,18-20H,1H3/t16-,18-,19-,20+/m1/s1. The SMILES string of the molecule is Cc1ccc([N+](=O)[O-])cc1N1C(=O)[C@@H]2[C@H](C1=O)[C@H]1C=CC=NN1[C@@H]2C(=O)c1ccccc1. The lowest BCUT2D eigenvalue weighted by Crippen LogP contribution is -2.46. The number of Topliss-reactive ketones (excluding diaryl/α,β-unsaturated/α-hetero) is 1. The summed E-state index contributed by atoms with van der Waals surface area (Å²) in [7, 11) is 0. The molecule has 0 saturated carbocycles. The van der Waals surface area contributed by atoms with Gasteiger partial charge in [0.1, 0.15) is 6.04 Å². The normalized spacial score (nSPS) is 25.8. The van der Waals surface area contributed by atoms with Crippen LogP contribution in [0.5, 0.6) is 0 Å². The first-order chi connectivity index (χ1) is 15.4. The summed E-state index contributed by atoms with van der Waals surface area (Å²) in [5, 5.41) is 17.1. The van der Waals surface area contributed by atoms with Crippen molar-refractivity contribution in [3.63, 3.8) is 0 Å². The third kappa shape index (κ3) is 2.78. The van der Waals surface area contributed by atoms with Crippen molar-refractivity contribution >= 4 is 35.2 Å². The van der Waals surface area contributed by atoms with E-state index in [1.165, 1.54) is 29.4 Å². The second-order valence-corrected chi connectivity index (χ2v) is 7.99. The molecular weight excluding hydrogens is 412 g/mol. The number of fused-ring (bicyclic) bond motifs is 3. The number of hydrogen-bond acceptors (Lipinski definition) is 7. The van der Waals surface area contributed by atoms with Crippen molar-refractivity contribution < 1.29 is 19.3 Å². The fraction of sp³-hybridized carbons (Fsp3) is 0.217. The second-order valence-electron chi connectivity index (χ2n) is 7.99. The summed E-state index contributed by atoms with van der Waals surface area (Å²) in [5.74, 6) is -3.08. The molecule has 3 aliphatic rings. The lowest BCUT2D eigenvalue weighted by Gasteiger charge is -2.30. The molecule has 2 amide bonds. The highest BCUT2D eigenvalue weighted by Gasteiger charge is 2.64. The monoisotopic (exact) mass is 430 g/mol. The van der Waals surface area contributed by atoms with Crippen LogP contribution in [0.15, 0.2) is 65.8 Å². The van der Waals surface area contributed by atoms with Crippen LogP contribution in [0.4, 0.5) is 11.4 Å². The predicted octanol–water partition coefficient (Wildman–Crippen LogP) is 2.50. The van der Waals surface area contributed by atoms with Crippen LogP contribution in [-0.2, 0) is 9.59 Å². The van der Waals surface area contributed by atoms with Gasteiger partial charge in [-0.3, -0.25) is 29.5 Å². The molecule has 0 N–H and O–H groups in total. The summed E-state index contributed by atoms with van der Waals surface area (Å²) >= 11 is 0. The summed E-state index contributed by atoms with van der Waals surface area (Å²) in [5.41, 5.74) is 0.928. The summed E-state index contributed by atoms with van der Waals surface area (Å²) in [4.78, 5) is 52.2. The van der Waals surface area contributed by atoms with Crippen LogP contribution < -0.4 is 4.90 Å². The fourth-order valence-electron chi connectivity index (χ4n) is 4.80. The number of rotatable bonds is 4. The molecule has 2 aromatic rings. The Morgan fingerprint density at radius 2 is 1.78 bits per heavy atom. The van der Waals surface area contributed by atoms with Crippen LogP contribution >= 0.6 is 0 Å². The first kappa shape index (κ1) is 19.8. The van der Waals surface area contributed by atoms with Crippen LogP contribution in [0.25, 0.3) is 0 Å². The molecule has 0 aliphatic carbocycles. The van der Waals surface area contributed by atoms with Gasteiger partial charge in [0, 0.05) is 23.9 Å². The Labute approximate surface area is 182 Å². The number of nitrogens with zero attached hydrogens (tertiary/aromatic N) is 4. The number of amides is 2. The molecular formula is C23H18N4O5. The number of non-ortho nitro benzene ring substituents is 1. The van der Waals surface area contributed by atoms with Gasteiger partial charge < -0.3 is 0 Å². The van der Waals surface area contributed by atoms with E-state index in [1.54, 1.807) is 49.4 Å². The number of aryl methyl sites for hydroxylation is 1. The smallest absolute Gasteiger partial charge is 0.271 e. The van der Waals surface area contributed by atoms with E-state index in [9.17, 15) is 24.5 Å². The van der Waals surface area contributed by atoms with Crippen LogP contribution in [0, 0.1) is 28.9 Å². The zero-order valence-electron chi connectivity index (χ0n) is 17.0. The number of nitro groups is 1. The van der Waals surface area contributed by atoms with Crippen molar-refractivity contribution in [3.8, 4) is 0 Å². The molecule has 9 nitrogen and oxygen atoms in total. The van der Waals surface area contributed by atoms with Crippen LogP contribution in [0.2, 0.25) is 0 Å². The van der Waals surface area contributed by atoms with Crippen molar-refractivity contribution in [1.29, 1.82) is 0 Å². The number of carbonyl (C=O) groups is 3. The molecule has 0 spiro atoms. The average Bonchev–Trinajstić information content (AvgIpc) is 3.27. The van der Waals surface area contributed by atoms with E-state index in [-0.39, 0.29) is 17.2 Å². The summed E-state index contributed by atoms with van der Waals surface area (Å²) in [6.45, 7) is 1.68. The fourth-order valence-corrected chi connectivity index (χ4v) is 4.80. The Balaban J connectivity index is 1.60. The first-order valence-electron chi connectivity index (χ1n) is 10.1. The quantitative estimate of drug-likeness (QED) is 0.319. The highest BCUT2D eigenvalue weighted by atomic mass is 16.6. The third-order valence-electron chi connectivity index (χ3n) is 6.26. The lowest BCUT2D eigenvalue weighted by atomic mass is 9.86. The maximum absolute atomic E-state index is 13.6. The lowest BCUT2D eigenvalue weighted by molar-refractivity contribution is -0.384. The maximum Gasteiger partial charge on any atom is 0.271 e. The van der Waals surface area contributed by atoms with Gasteiger partial charge in [0.15, 0.2) is 5.78 Å². The average molecular weight is 430 g/mol. The van der Waals surface area contributed by atoms with E-state index in [0.717, 1.165) is 4.90 Å². The van der Waals surface area contributed by atoms with Crippen LogP contribution in [-0.4, -0.2) is 45.8 Å². The number of benzene rings is 2. The van der Waals surface area contributed by atoms with Gasteiger partial charge in [0.25, 0.3) is 5.69 Å². The molecule has 160 valence electrons. The first-order valence-corrected chi connectivity index (χ1v) is 10.1. The van der Waals surface area contributed by atoms with Gasteiger partial charge in [0.05, 0.1) is 28.5 Å². The van der Waals surface area contributed by atoms with Gasteiger partial charge in [-0.15, -0.1) is 0 Å². The third-order valence-corrected chi connectivity index (χ3v) is 6.26. The zero-order valence-corrected chi connectivity index (χ0v) is 17.0. The number of nitro benzene ring substituents is 1. The van der Waals surface area contributed by atoms with Gasteiger partial charge in [0.2, 0.25) is 11.8 Å². The Morgan fingerprint density at radius 1 is 1.06 bits per heavy atom. The molecule has 3 aliphatic heterocycles. The highest BCUT2D eigenvalue weighted by molar-refractivity contribution is 6.25. The molecule has 0 radical (unpaired) electrons. The van der Waals surface area contributed by atoms with Crippen molar-refractivity contribution in [2.45, 2.75) is 19.0 Å². The minimum Gasteiger partial charge on any atom is -0.292 e. The number of allylic oxidation sites excluding steroid dienone is 1. The molecule has 2 saturated heterocycles. The maximum atomic E-state index is 13.6. The summed E-state index contributed by atoms with van der Waals surface area (Å²) in [6, 6.07) is 11.1. The van der Waals surface area contributed by atoms with Gasteiger partial charge in [-0.25, -0.2) is 4.90 Å². The van der Waals surface area contributed by atoms with Crippen molar-refractivity contribution in [2.24, 2.45) is 16.9 Å². The number of hydrazone groups is 1. The molecule has 0 bridgehead atoms. The second kappa shape index (κ2) is 7.23. The zero-order chi connectivity index (χ0) is 22.6. The number of carbonyl (C=O) groups excluding carboxylic acids is 3. The van der Waals surface area contributed by atoms with E-state index in [4.69, 9.17) is 0 Å². The minimum absolute atomic E-state index is 0.171. The minimum atomic E-state index is -0.950. The van der Waals surface area contributed by atoms with Crippen LogP contribution in [0.1, 0.15) is 15.9 Å². The van der Waals surface area contributed by atoms with Crippen molar-refractivity contribution in [3.05, 3.63) is 81.9 Å². The van der Waals surface area contributed by atoms with E-state index in [2.05, 4.69) is 5.10 Å². The molecule has 3 heterocycles. The molecule has 5 rings (SSSR count). The van der Waals surface area contributed by atoms with Crippen molar-refractivity contribution in [2.75, 3.05) is 4.90 Å². The number of anilines is 1. The predicted molar refractivity (Wildman–Crippen MR) is 115 cm³/mol. The summed E-state index contributed by atoms with van der Waals surface area (Å²) < 4.78 is 0. The van der Waals surface area contributed by atoms with Crippen LogP contribution in [0.3, 0.4) is 0 Å². The number of hydrogen-bond donors (Lipinski definition) is 0. The van der Waals surface area contributed by atoms with Gasteiger partial charge >= 0.3 is 0 Å². The molecule has 0 unspecified atom stereocenters. The molecule has 2 aromatic carbocycles.